The highest BCUT2D eigenvalue weighted by atomic mass is 19.5. The molecule has 22 heavy (non-hydrogen) atoms. The van der Waals surface area contributed by atoms with Crippen LogP contribution in [0.3, 0.4) is 0 Å². The molecular weight excluding hydrogens is 303 g/mol. The molecule has 1 aromatic rings. The quantitative estimate of drug-likeness (QED) is 0.229. The van der Waals surface area contributed by atoms with Crippen LogP contribution in [-0.2, 0) is 23.1 Å². The number of aromatic nitrogens is 2. The van der Waals surface area contributed by atoms with Crippen LogP contribution in [-0.4, -0.2) is 31.6 Å². The molecule has 0 saturated heterocycles. The molecule has 0 aliphatic heterocycles. The van der Waals surface area contributed by atoms with Gasteiger partial charge in [0.2, 0.25) is 6.33 Å². The third-order valence-electron chi connectivity index (χ3n) is 2.38. The van der Waals surface area contributed by atoms with E-state index in [0.29, 0.717) is 19.0 Å². The van der Waals surface area contributed by atoms with Crippen molar-refractivity contribution in [3.63, 3.8) is 0 Å². The lowest BCUT2D eigenvalue weighted by Gasteiger charge is -2.08. The predicted molar refractivity (Wildman–Crippen MR) is 76.6 cm³/mol. The average molecular weight is 326 g/mol. The minimum Gasteiger partial charge on any atom is -0.492 e. The summed E-state index contributed by atoms with van der Waals surface area (Å²) in [6.07, 6.45) is 8.28. The Morgan fingerprint density at radius 3 is 2.41 bits per heavy atom. The Bertz CT molecular complexity index is 418. The number of imidazole rings is 1. The summed E-state index contributed by atoms with van der Waals surface area (Å²) in [5.41, 5.74) is 0. The maximum Gasteiger partial charge on any atom is 0.673 e. The van der Waals surface area contributed by atoms with Gasteiger partial charge in [0, 0.05) is 6.61 Å². The number of rotatable bonds is 9. The van der Waals surface area contributed by atoms with Crippen molar-refractivity contribution >= 4 is 7.25 Å². The molecule has 0 aliphatic carbocycles. The fraction of sp³-hybridized carbons (Fsp3) is 0.615. The molecule has 1 rings (SSSR count). The molecule has 0 amide bonds. The van der Waals surface area contributed by atoms with Crippen LogP contribution >= 0.6 is 0 Å². The summed E-state index contributed by atoms with van der Waals surface area (Å²) in [4.78, 5) is 0. The van der Waals surface area contributed by atoms with Gasteiger partial charge in [-0.15, -0.1) is 0 Å². The van der Waals surface area contributed by atoms with Crippen LogP contribution in [0.15, 0.2) is 31.1 Å². The molecule has 0 spiro atoms. The number of unbranched alkanes of at least 4 members (excludes halogenated alkanes) is 1. The van der Waals surface area contributed by atoms with Crippen molar-refractivity contribution in [2.75, 3.05) is 19.8 Å². The van der Waals surface area contributed by atoms with Gasteiger partial charge in [-0.05, 0) is 6.42 Å². The molecule has 1 heterocycles. The first-order chi connectivity index (χ1) is 10.2. The van der Waals surface area contributed by atoms with Crippen LogP contribution in [0.5, 0.6) is 0 Å². The summed E-state index contributed by atoms with van der Waals surface area (Å²) in [5, 5.41) is 0. The molecule has 0 bridgehead atoms. The van der Waals surface area contributed by atoms with Crippen molar-refractivity contribution in [1.82, 2.24) is 4.57 Å². The standard InChI is InChI=1S/C13H23N2O2.BF4/c1-4-5-9-16-11-13(2)17-10-8-15-7-6-14(3)12-15;2-1(3,4)5/h6-7,12H,2,4-5,8-11H2,1,3H3;/q+1;-1. The minimum absolute atomic E-state index is 0.499. The van der Waals surface area contributed by atoms with E-state index in [9.17, 15) is 17.3 Å². The van der Waals surface area contributed by atoms with Crippen LogP contribution in [0, 0.1) is 0 Å². The zero-order valence-electron chi connectivity index (χ0n) is 13.0. The summed E-state index contributed by atoms with van der Waals surface area (Å²) >= 11 is 0. The van der Waals surface area contributed by atoms with Crippen molar-refractivity contribution in [2.45, 2.75) is 26.3 Å². The third-order valence-corrected chi connectivity index (χ3v) is 2.38. The molecule has 9 heteroatoms. The van der Waals surface area contributed by atoms with Gasteiger partial charge in [0.25, 0.3) is 0 Å². The Labute approximate surface area is 128 Å². The van der Waals surface area contributed by atoms with E-state index in [-0.39, 0.29) is 0 Å². The van der Waals surface area contributed by atoms with Crippen LogP contribution in [0.2, 0.25) is 0 Å². The molecule has 128 valence electrons. The lowest BCUT2D eigenvalue weighted by Crippen LogP contribution is -2.24. The van der Waals surface area contributed by atoms with Crippen molar-refractivity contribution in [2.24, 2.45) is 7.05 Å². The van der Waals surface area contributed by atoms with Gasteiger partial charge in [0.15, 0.2) is 0 Å². The maximum atomic E-state index is 9.75. The Balaban J connectivity index is 0.000000763. The van der Waals surface area contributed by atoms with Crippen molar-refractivity contribution < 1.29 is 31.3 Å². The number of aryl methyl sites for hydroxylation is 1. The molecule has 4 nitrogen and oxygen atoms in total. The Morgan fingerprint density at radius 1 is 1.27 bits per heavy atom. The highest BCUT2D eigenvalue weighted by molar-refractivity contribution is 6.50. The number of hydrogen-bond acceptors (Lipinski definition) is 2. The number of halogens is 4. The summed E-state index contributed by atoms with van der Waals surface area (Å²) in [5.74, 6) is 0.706. The van der Waals surface area contributed by atoms with Crippen LogP contribution in [0.25, 0.3) is 0 Å². The predicted octanol–water partition coefficient (Wildman–Crippen LogP) is 2.96. The smallest absolute Gasteiger partial charge is 0.492 e. The molecule has 0 saturated carbocycles. The van der Waals surface area contributed by atoms with Gasteiger partial charge in [0.1, 0.15) is 37.9 Å². The van der Waals surface area contributed by atoms with E-state index < -0.39 is 7.25 Å². The van der Waals surface area contributed by atoms with Gasteiger partial charge >= 0.3 is 7.25 Å². The highest BCUT2D eigenvalue weighted by Gasteiger charge is 2.20. The zero-order chi connectivity index (χ0) is 17.0. The van der Waals surface area contributed by atoms with Gasteiger partial charge in [-0.1, -0.05) is 19.9 Å². The second kappa shape index (κ2) is 11.1. The van der Waals surface area contributed by atoms with Crippen LogP contribution in [0.1, 0.15) is 19.8 Å². The van der Waals surface area contributed by atoms with E-state index in [1.54, 1.807) is 0 Å². The first kappa shape index (κ1) is 20.5. The SMILES string of the molecule is C=C(COCCCC)OCCn1cc[n+](C)c1.F[B-](F)(F)F. The topological polar surface area (TPSA) is 27.3 Å². The fourth-order valence-electron chi connectivity index (χ4n) is 1.40. The second-order valence-corrected chi connectivity index (χ2v) is 4.61. The summed E-state index contributed by atoms with van der Waals surface area (Å²) in [7, 11) is -4.00. The van der Waals surface area contributed by atoms with Gasteiger partial charge in [-0.2, -0.15) is 0 Å². The zero-order valence-corrected chi connectivity index (χ0v) is 13.0. The van der Waals surface area contributed by atoms with E-state index in [0.717, 1.165) is 26.0 Å². The number of ether oxygens (including phenoxy) is 2. The molecule has 0 unspecified atom stereocenters. The second-order valence-electron chi connectivity index (χ2n) is 4.61. The third kappa shape index (κ3) is 14.9. The van der Waals surface area contributed by atoms with Gasteiger partial charge in [-0.25, -0.2) is 9.13 Å². The maximum absolute atomic E-state index is 9.75. The highest BCUT2D eigenvalue weighted by Crippen LogP contribution is 2.06. The molecule has 0 N–H and O–H groups in total. The Kier molecular flexibility index (Phi) is 10.4. The first-order valence-electron chi connectivity index (χ1n) is 6.99. The van der Waals surface area contributed by atoms with E-state index in [2.05, 4.69) is 18.1 Å². The molecule has 0 fully saturated rings. The van der Waals surface area contributed by atoms with Crippen LogP contribution in [0.4, 0.5) is 17.3 Å². The fourth-order valence-corrected chi connectivity index (χ4v) is 1.40. The van der Waals surface area contributed by atoms with E-state index in [1.165, 1.54) is 0 Å². The van der Waals surface area contributed by atoms with E-state index >= 15 is 0 Å². The molecule has 0 radical (unpaired) electrons. The minimum atomic E-state index is -6.00. The Morgan fingerprint density at radius 2 is 1.91 bits per heavy atom. The van der Waals surface area contributed by atoms with Gasteiger partial charge in [0.05, 0.1) is 7.05 Å². The van der Waals surface area contributed by atoms with Gasteiger partial charge in [-0.3, -0.25) is 0 Å². The van der Waals surface area contributed by atoms with Crippen molar-refractivity contribution in [1.29, 1.82) is 0 Å². The number of nitrogens with zero attached hydrogens (tertiary/aromatic N) is 2. The van der Waals surface area contributed by atoms with E-state index in [1.807, 2.05) is 30.3 Å². The summed E-state index contributed by atoms with van der Waals surface area (Å²) < 4.78 is 54.0. The van der Waals surface area contributed by atoms with E-state index in [4.69, 9.17) is 9.47 Å². The lowest BCUT2D eigenvalue weighted by atomic mass is 10.3. The summed E-state index contributed by atoms with van der Waals surface area (Å²) in [6.45, 7) is 8.71. The van der Waals surface area contributed by atoms with Gasteiger partial charge < -0.3 is 26.7 Å². The molecule has 0 aliphatic rings. The normalized spacial score (nSPS) is 10.8. The monoisotopic (exact) mass is 326 g/mol. The molecular formula is C13H23BF4N2O2. The summed E-state index contributed by atoms with van der Waals surface area (Å²) in [6, 6.07) is 0. The largest absolute Gasteiger partial charge is 0.673 e. The molecule has 0 aromatic carbocycles. The van der Waals surface area contributed by atoms with Crippen molar-refractivity contribution in [3.05, 3.63) is 31.1 Å². The lowest BCUT2D eigenvalue weighted by molar-refractivity contribution is -0.671. The van der Waals surface area contributed by atoms with Crippen LogP contribution < -0.4 is 4.57 Å². The number of hydrogen-bond donors (Lipinski definition) is 0. The Hall–Kier alpha value is -1.51. The van der Waals surface area contributed by atoms with Crippen molar-refractivity contribution in [3.8, 4) is 0 Å². The molecule has 1 aromatic heterocycles. The first-order valence-corrected chi connectivity index (χ1v) is 6.99. The average Bonchev–Trinajstić information content (AvgIpc) is 2.78. The molecule has 0 atom stereocenters.